The van der Waals surface area contributed by atoms with E-state index < -0.39 is 12.0 Å². The first-order valence-corrected chi connectivity index (χ1v) is 7.84. The van der Waals surface area contributed by atoms with Gasteiger partial charge in [0, 0.05) is 14.1 Å². The third-order valence-electron chi connectivity index (χ3n) is 3.86. The van der Waals surface area contributed by atoms with Crippen LogP contribution >= 0.6 is 0 Å². The third kappa shape index (κ3) is 5.82. The summed E-state index contributed by atoms with van der Waals surface area (Å²) >= 11 is 0. The van der Waals surface area contributed by atoms with Crippen molar-refractivity contribution < 1.29 is 19.1 Å². The summed E-state index contributed by atoms with van der Waals surface area (Å²) in [4.78, 5) is 39.5. The fourth-order valence-electron chi connectivity index (χ4n) is 2.56. The number of esters is 1. The molecule has 0 spiro atoms. The summed E-state index contributed by atoms with van der Waals surface area (Å²) in [5.41, 5.74) is 0. The van der Waals surface area contributed by atoms with Gasteiger partial charge in [-0.1, -0.05) is 27.7 Å². The lowest BCUT2D eigenvalue weighted by Gasteiger charge is -2.35. The van der Waals surface area contributed by atoms with Crippen LogP contribution in [0.1, 0.15) is 27.7 Å². The molecule has 1 N–H and O–H groups in total. The van der Waals surface area contributed by atoms with Crippen molar-refractivity contribution in [3.8, 4) is 0 Å². The Bertz CT molecular complexity index is 424. The Balaban J connectivity index is 5.27. The van der Waals surface area contributed by atoms with Crippen molar-refractivity contribution >= 4 is 17.8 Å². The molecule has 0 bridgehead atoms. The van der Waals surface area contributed by atoms with Gasteiger partial charge in [0.2, 0.25) is 11.8 Å². The molecule has 0 aromatic heterocycles. The lowest BCUT2D eigenvalue weighted by molar-refractivity contribution is -0.151. The number of ether oxygens (including phenoxy) is 1. The first-order chi connectivity index (χ1) is 10.6. The highest BCUT2D eigenvalue weighted by Crippen LogP contribution is 2.15. The molecule has 0 saturated heterocycles. The number of nitrogens with one attached hydrogen (secondary N) is 1. The molecule has 7 heteroatoms. The number of amides is 2. The van der Waals surface area contributed by atoms with Gasteiger partial charge < -0.3 is 19.9 Å². The van der Waals surface area contributed by atoms with Gasteiger partial charge in [0.1, 0.15) is 12.6 Å². The third-order valence-corrected chi connectivity index (χ3v) is 3.86. The van der Waals surface area contributed by atoms with Crippen LogP contribution in [0.15, 0.2) is 0 Å². The van der Waals surface area contributed by atoms with Gasteiger partial charge in [0.05, 0.1) is 13.2 Å². The summed E-state index contributed by atoms with van der Waals surface area (Å²) in [5.74, 6) is -0.889. The van der Waals surface area contributed by atoms with Gasteiger partial charge in [-0.25, -0.2) is 0 Å². The molecule has 23 heavy (non-hydrogen) atoms. The molecule has 0 rings (SSSR count). The number of carbonyl (C=O) groups excluding carboxylic acids is 3. The number of carbonyl (C=O) groups is 3. The topological polar surface area (TPSA) is 79.0 Å². The fourth-order valence-corrected chi connectivity index (χ4v) is 2.56. The maximum Gasteiger partial charge on any atom is 0.325 e. The highest BCUT2D eigenvalue weighted by atomic mass is 16.5. The molecule has 0 aliphatic rings. The number of rotatable bonds is 8. The van der Waals surface area contributed by atoms with Gasteiger partial charge in [-0.2, -0.15) is 0 Å². The zero-order valence-electron chi connectivity index (χ0n) is 15.5. The van der Waals surface area contributed by atoms with Crippen LogP contribution in [0, 0.1) is 11.8 Å². The molecular weight excluding hydrogens is 298 g/mol. The number of likely N-dealkylation sites (N-methyl/N-ethyl adjacent to an activating group) is 3. The Morgan fingerprint density at radius 1 is 1.00 bits per heavy atom. The Kier molecular flexibility index (Phi) is 8.82. The van der Waals surface area contributed by atoms with Gasteiger partial charge in [-0.05, 0) is 18.9 Å². The van der Waals surface area contributed by atoms with Crippen LogP contribution in [-0.4, -0.2) is 74.5 Å². The molecule has 0 saturated carbocycles. The minimum atomic E-state index is -0.633. The molecule has 0 fully saturated rings. The average molecular weight is 329 g/mol. The van der Waals surface area contributed by atoms with Crippen LogP contribution in [-0.2, 0) is 19.1 Å². The van der Waals surface area contributed by atoms with E-state index in [4.69, 9.17) is 0 Å². The molecular formula is C16H31N3O4. The van der Waals surface area contributed by atoms with Crippen molar-refractivity contribution in [2.45, 2.75) is 39.8 Å². The Hall–Kier alpha value is -1.63. The van der Waals surface area contributed by atoms with E-state index in [2.05, 4.69) is 10.1 Å². The van der Waals surface area contributed by atoms with Crippen LogP contribution < -0.4 is 5.32 Å². The predicted molar refractivity (Wildman–Crippen MR) is 88.7 cm³/mol. The number of hydrogen-bond acceptors (Lipinski definition) is 5. The number of methoxy groups -OCH3 is 1. The second-order valence-electron chi connectivity index (χ2n) is 6.42. The van der Waals surface area contributed by atoms with Crippen LogP contribution in [0.2, 0.25) is 0 Å². The fraction of sp³-hybridized carbons (Fsp3) is 0.812. The lowest BCUT2D eigenvalue weighted by Crippen LogP contribution is -2.56. The standard InChI is InChI=1S/C16H31N3O4/c1-10(2)13(17-5)15(21)19(7)14(11(3)4)16(22)18(6)9-12(20)23-8/h10-11,13-14,17H,9H2,1-8H3/t13-,14-/m1/s1. The van der Waals surface area contributed by atoms with Crippen LogP contribution in [0.25, 0.3) is 0 Å². The molecule has 0 aromatic carbocycles. The molecule has 2 atom stereocenters. The van der Waals surface area contributed by atoms with E-state index in [9.17, 15) is 14.4 Å². The molecule has 0 aliphatic heterocycles. The normalized spacial score (nSPS) is 13.7. The molecule has 7 nitrogen and oxygen atoms in total. The predicted octanol–water partition coefficient (Wildman–Crippen LogP) is 0.345. The van der Waals surface area contributed by atoms with E-state index in [1.54, 1.807) is 14.1 Å². The van der Waals surface area contributed by atoms with E-state index in [1.165, 1.54) is 24.0 Å². The first-order valence-electron chi connectivity index (χ1n) is 7.84. The molecule has 0 aliphatic carbocycles. The summed E-state index contributed by atoms with van der Waals surface area (Å²) in [6.07, 6.45) is 0. The van der Waals surface area contributed by atoms with Gasteiger partial charge in [-0.15, -0.1) is 0 Å². The lowest BCUT2D eigenvalue weighted by atomic mass is 9.98. The SMILES string of the molecule is CN[C@@H](C(=O)N(C)[C@@H](C(=O)N(C)CC(=O)OC)C(C)C)C(C)C. The van der Waals surface area contributed by atoms with Gasteiger partial charge in [0.15, 0.2) is 0 Å². The van der Waals surface area contributed by atoms with Crippen molar-refractivity contribution in [2.24, 2.45) is 11.8 Å². The van der Waals surface area contributed by atoms with Gasteiger partial charge in [0.25, 0.3) is 0 Å². The summed E-state index contributed by atoms with van der Waals surface area (Å²) in [6, 6.07) is -0.994. The Morgan fingerprint density at radius 3 is 1.87 bits per heavy atom. The average Bonchev–Trinajstić information content (AvgIpc) is 2.46. The van der Waals surface area contributed by atoms with Crippen molar-refractivity contribution in [1.82, 2.24) is 15.1 Å². The maximum atomic E-state index is 12.7. The zero-order chi connectivity index (χ0) is 18.3. The van der Waals surface area contributed by atoms with Crippen molar-refractivity contribution in [3.63, 3.8) is 0 Å². The maximum absolute atomic E-state index is 12.7. The highest BCUT2D eigenvalue weighted by molar-refractivity contribution is 5.91. The largest absolute Gasteiger partial charge is 0.468 e. The molecule has 0 aromatic rings. The first kappa shape index (κ1) is 21.4. The smallest absolute Gasteiger partial charge is 0.325 e. The minimum absolute atomic E-state index is 0.0822. The van der Waals surface area contributed by atoms with Crippen LogP contribution in [0.5, 0.6) is 0 Å². The molecule has 0 unspecified atom stereocenters. The van der Waals surface area contributed by atoms with E-state index >= 15 is 0 Å². The van der Waals surface area contributed by atoms with E-state index in [0.717, 1.165) is 0 Å². The van der Waals surface area contributed by atoms with Crippen molar-refractivity contribution in [2.75, 3.05) is 34.8 Å². The second kappa shape index (κ2) is 9.50. The van der Waals surface area contributed by atoms with Crippen LogP contribution in [0.4, 0.5) is 0 Å². The quantitative estimate of drug-likeness (QED) is 0.650. The highest BCUT2D eigenvalue weighted by Gasteiger charge is 2.35. The Morgan fingerprint density at radius 2 is 1.52 bits per heavy atom. The number of hydrogen-bond donors (Lipinski definition) is 1. The molecule has 0 heterocycles. The van der Waals surface area contributed by atoms with Gasteiger partial charge in [-0.3, -0.25) is 14.4 Å². The van der Waals surface area contributed by atoms with E-state index in [1.807, 2.05) is 27.7 Å². The summed E-state index contributed by atoms with van der Waals surface area (Å²) in [5, 5.41) is 3.00. The second-order valence-corrected chi connectivity index (χ2v) is 6.42. The summed E-state index contributed by atoms with van der Waals surface area (Å²) < 4.78 is 4.58. The van der Waals surface area contributed by atoms with E-state index in [0.29, 0.717) is 0 Å². The monoisotopic (exact) mass is 329 g/mol. The van der Waals surface area contributed by atoms with Crippen LogP contribution in [0.3, 0.4) is 0 Å². The molecule has 134 valence electrons. The molecule has 2 amide bonds. The summed E-state index contributed by atoms with van der Waals surface area (Å²) in [7, 11) is 6.16. The van der Waals surface area contributed by atoms with Gasteiger partial charge >= 0.3 is 5.97 Å². The number of nitrogens with zero attached hydrogens (tertiary/aromatic N) is 2. The van der Waals surface area contributed by atoms with Crippen molar-refractivity contribution in [3.05, 3.63) is 0 Å². The Labute approximate surface area is 139 Å². The van der Waals surface area contributed by atoms with E-state index in [-0.39, 0.29) is 36.2 Å². The summed E-state index contributed by atoms with van der Waals surface area (Å²) in [6.45, 7) is 7.51. The molecule has 0 radical (unpaired) electrons. The minimum Gasteiger partial charge on any atom is -0.468 e. The van der Waals surface area contributed by atoms with Crippen molar-refractivity contribution in [1.29, 1.82) is 0 Å². The zero-order valence-corrected chi connectivity index (χ0v) is 15.5.